The molecule has 1 saturated heterocycles. The van der Waals surface area contributed by atoms with E-state index in [4.69, 9.17) is 5.26 Å². The second-order valence-corrected chi connectivity index (χ2v) is 7.19. The van der Waals surface area contributed by atoms with Crippen LogP contribution in [0.15, 0.2) is 29.8 Å². The molecule has 2 aromatic rings. The topological polar surface area (TPSA) is 60.2 Å². The summed E-state index contributed by atoms with van der Waals surface area (Å²) in [4.78, 5) is 22.2. The molecule has 0 N–H and O–H groups in total. The summed E-state index contributed by atoms with van der Waals surface area (Å²) in [6.07, 6.45) is 4.09. The molecule has 0 radical (unpaired) electrons. The normalized spacial score (nSPS) is 17.6. The Hall–Kier alpha value is -2.39. The molecule has 0 atom stereocenters. The van der Waals surface area contributed by atoms with Crippen molar-refractivity contribution in [3.8, 4) is 6.07 Å². The molecule has 3 heterocycles. The highest BCUT2D eigenvalue weighted by Gasteiger charge is 2.31. The number of hydrogen-bond acceptors (Lipinski definition) is 5. The molecule has 1 aliphatic carbocycles. The number of piperazine rings is 1. The van der Waals surface area contributed by atoms with Crippen molar-refractivity contribution in [1.82, 2.24) is 9.88 Å². The van der Waals surface area contributed by atoms with Crippen LogP contribution < -0.4 is 4.90 Å². The minimum atomic E-state index is 0.172. The minimum Gasteiger partial charge on any atom is -0.353 e. The first-order valence-electron chi connectivity index (χ1n) is 8.24. The van der Waals surface area contributed by atoms with E-state index in [-0.39, 0.29) is 5.91 Å². The van der Waals surface area contributed by atoms with Gasteiger partial charge in [-0.05, 0) is 47.9 Å². The number of aromatic nitrogens is 1. The van der Waals surface area contributed by atoms with Crippen molar-refractivity contribution in [2.75, 3.05) is 31.1 Å². The molecular formula is C18H18N4OS. The van der Waals surface area contributed by atoms with Crippen LogP contribution in [0, 0.1) is 11.3 Å². The van der Waals surface area contributed by atoms with Gasteiger partial charge in [-0.2, -0.15) is 5.26 Å². The third-order valence-electron chi connectivity index (χ3n) is 4.67. The zero-order valence-corrected chi connectivity index (χ0v) is 14.1. The van der Waals surface area contributed by atoms with E-state index in [0.717, 1.165) is 23.8 Å². The Morgan fingerprint density at radius 2 is 2.04 bits per heavy atom. The molecule has 4 rings (SSSR count). The summed E-state index contributed by atoms with van der Waals surface area (Å²) in [6, 6.07) is 7.77. The first-order chi connectivity index (χ1) is 11.8. The van der Waals surface area contributed by atoms with E-state index in [2.05, 4.69) is 22.0 Å². The number of anilines is 1. The van der Waals surface area contributed by atoms with Crippen LogP contribution in [0.25, 0.3) is 0 Å². The first-order valence-corrected chi connectivity index (χ1v) is 9.12. The number of amides is 1. The average molecular weight is 338 g/mol. The highest BCUT2D eigenvalue weighted by atomic mass is 32.1. The van der Waals surface area contributed by atoms with Gasteiger partial charge >= 0.3 is 0 Å². The lowest BCUT2D eigenvalue weighted by Crippen LogP contribution is -2.49. The van der Waals surface area contributed by atoms with Crippen LogP contribution in [0.4, 0.5) is 5.82 Å². The van der Waals surface area contributed by atoms with Gasteiger partial charge < -0.3 is 9.80 Å². The van der Waals surface area contributed by atoms with Crippen molar-refractivity contribution in [2.24, 2.45) is 0 Å². The SMILES string of the molecule is N#Cc1ccnc(N2CCN(C(=O)c3sccc3C3CC3)CC2)c1. The summed E-state index contributed by atoms with van der Waals surface area (Å²) in [7, 11) is 0. The van der Waals surface area contributed by atoms with Gasteiger partial charge in [-0.1, -0.05) is 0 Å². The van der Waals surface area contributed by atoms with Crippen LogP contribution in [0.3, 0.4) is 0 Å². The van der Waals surface area contributed by atoms with E-state index in [0.29, 0.717) is 24.6 Å². The van der Waals surface area contributed by atoms with E-state index >= 15 is 0 Å². The van der Waals surface area contributed by atoms with E-state index in [9.17, 15) is 4.79 Å². The van der Waals surface area contributed by atoms with E-state index in [1.54, 1.807) is 23.6 Å². The number of nitriles is 1. The van der Waals surface area contributed by atoms with E-state index < -0.39 is 0 Å². The lowest BCUT2D eigenvalue weighted by molar-refractivity contribution is 0.0750. The highest BCUT2D eigenvalue weighted by molar-refractivity contribution is 7.12. The number of carbonyl (C=O) groups excluding carboxylic acids is 1. The maximum atomic E-state index is 12.8. The Kier molecular flexibility index (Phi) is 3.95. The van der Waals surface area contributed by atoms with Crippen molar-refractivity contribution in [1.29, 1.82) is 5.26 Å². The maximum absolute atomic E-state index is 12.8. The minimum absolute atomic E-state index is 0.172. The van der Waals surface area contributed by atoms with Crippen molar-refractivity contribution in [3.05, 3.63) is 45.8 Å². The molecule has 2 fully saturated rings. The molecule has 122 valence electrons. The molecule has 1 saturated carbocycles. The molecule has 0 unspecified atom stereocenters. The molecule has 0 spiro atoms. The van der Waals surface area contributed by atoms with E-state index in [1.165, 1.54) is 18.4 Å². The zero-order chi connectivity index (χ0) is 16.5. The number of thiophene rings is 1. The van der Waals surface area contributed by atoms with Crippen molar-refractivity contribution in [3.63, 3.8) is 0 Å². The van der Waals surface area contributed by atoms with Crippen LogP contribution in [0.5, 0.6) is 0 Å². The molecule has 0 bridgehead atoms. The van der Waals surface area contributed by atoms with Crippen molar-refractivity contribution >= 4 is 23.1 Å². The molecule has 2 aliphatic rings. The Labute approximate surface area is 145 Å². The number of hydrogen-bond donors (Lipinski definition) is 0. The summed E-state index contributed by atoms with van der Waals surface area (Å²) in [6.45, 7) is 2.88. The Balaban J connectivity index is 1.43. The fraction of sp³-hybridized carbons (Fsp3) is 0.389. The summed E-state index contributed by atoms with van der Waals surface area (Å²) in [5.41, 5.74) is 1.86. The average Bonchev–Trinajstić information content (AvgIpc) is 3.38. The van der Waals surface area contributed by atoms with Gasteiger partial charge in [0.2, 0.25) is 0 Å². The monoisotopic (exact) mass is 338 g/mol. The standard InChI is InChI=1S/C18H18N4OS/c19-12-13-3-5-20-16(11-13)21-6-8-22(9-7-21)18(23)17-15(4-10-24-17)14-1-2-14/h3-5,10-11,14H,1-2,6-9H2. The number of rotatable bonds is 3. The largest absolute Gasteiger partial charge is 0.353 e. The lowest BCUT2D eigenvalue weighted by Gasteiger charge is -2.35. The van der Waals surface area contributed by atoms with Gasteiger partial charge in [-0.25, -0.2) is 4.98 Å². The number of nitrogens with zero attached hydrogens (tertiary/aromatic N) is 4. The van der Waals surface area contributed by atoms with Crippen LogP contribution in [-0.2, 0) is 0 Å². The summed E-state index contributed by atoms with van der Waals surface area (Å²) >= 11 is 1.57. The predicted molar refractivity (Wildman–Crippen MR) is 93.4 cm³/mol. The summed E-state index contributed by atoms with van der Waals surface area (Å²) in [5.74, 6) is 1.59. The van der Waals surface area contributed by atoms with Gasteiger partial charge in [0.15, 0.2) is 0 Å². The van der Waals surface area contributed by atoms with Crippen LogP contribution in [-0.4, -0.2) is 42.0 Å². The zero-order valence-electron chi connectivity index (χ0n) is 13.3. The Morgan fingerprint density at radius 1 is 1.25 bits per heavy atom. The molecule has 6 heteroatoms. The second-order valence-electron chi connectivity index (χ2n) is 6.27. The van der Waals surface area contributed by atoms with Gasteiger partial charge in [0.25, 0.3) is 5.91 Å². The molecule has 1 aliphatic heterocycles. The van der Waals surface area contributed by atoms with Gasteiger partial charge in [0.1, 0.15) is 5.82 Å². The fourth-order valence-corrected chi connectivity index (χ4v) is 4.10. The molecule has 2 aromatic heterocycles. The molecular weight excluding hydrogens is 320 g/mol. The van der Waals surface area contributed by atoms with Crippen molar-refractivity contribution in [2.45, 2.75) is 18.8 Å². The second kappa shape index (κ2) is 6.25. The smallest absolute Gasteiger partial charge is 0.264 e. The van der Waals surface area contributed by atoms with Crippen LogP contribution >= 0.6 is 11.3 Å². The lowest BCUT2D eigenvalue weighted by atomic mass is 10.1. The number of pyridine rings is 1. The fourth-order valence-electron chi connectivity index (χ4n) is 3.15. The molecule has 5 nitrogen and oxygen atoms in total. The van der Waals surface area contributed by atoms with E-state index in [1.807, 2.05) is 16.3 Å². The van der Waals surface area contributed by atoms with Gasteiger partial charge in [-0.15, -0.1) is 11.3 Å². The van der Waals surface area contributed by atoms with Crippen LogP contribution in [0.2, 0.25) is 0 Å². The molecule has 0 aromatic carbocycles. The Morgan fingerprint density at radius 3 is 2.75 bits per heavy atom. The predicted octanol–water partition coefficient (Wildman–Crippen LogP) is 2.85. The van der Waals surface area contributed by atoms with Gasteiger partial charge in [0.05, 0.1) is 16.5 Å². The summed E-state index contributed by atoms with van der Waals surface area (Å²) < 4.78 is 0. The first kappa shape index (κ1) is 15.2. The van der Waals surface area contributed by atoms with Gasteiger partial charge in [0, 0.05) is 32.4 Å². The maximum Gasteiger partial charge on any atom is 0.264 e. The molecule has 1 amide bonds. The quantitative estimate of drug-likeness (QED) is 0.863. The number of carbonyl (C=O) groups is 1. The molecule has 24 heavy (non-hydrogen) atoms. The van der Waals surface area contributed by atoms with Crippen molar-refractivity contribution < 1.29 is 4.79 Å². The highest BCUT2D eigenvalue weighted by Crippen LogP contribution is 2.43. The summed E-state index contributed by atoms with van der Waals surface area (Å²) in [5, 5.41) is 11.0. The Bertz CT molecular complexity index is 797. The van der Waals surface area contributed by atoms with Crippen LogP contribution in [0.1, 0.15) is 39.6 Å². The third kappa shape index (κ3) is 2.87. The third-order valence-corrected chi connectivity index (χ3v) is 5.59. The van der Waals surface area contributed by atoms with Gasteiger partial charge in [-0.3, -0.25) is 4.79 Å².